The second-order valence-electron chi connectivity index (χ2n) is 3.56. The molecular formula is C9H9F2N2NaO2. The molecule has 0 saturated heterocycles. The number of carbonyl (C=O) groups is 1. The maximum atomic E-state index is 12.1. The number of hydrogen-bond acceptors (Lipinski definition) is 4. The molecule has 4 nitrogen and oxygen atoms in total. The van der Waals surface area contributed by atoms with Gasteiger partial charge in [-0.05, 0) is 26.0 Å². The third kappa shape index (κ3) is 3.20. The standard InChI is InChI=1S/C9H10F2N2O2.Na/c1-9(2,8(14)15)6-4-3-5(7(10)11)12-13-6;/h3-4,7H,1-2H3,(H,14,15);/q;+1/p-1. The predicted molar refractivity (Wildman–Crippen MR) is 45.0 cm³/mol. The molecule has 0 aromatic carbocycles. The summed E-state index contributed by atoms with van der Waals surface area (Å²) in [5.74, 6) is -1.33. The Balaban J connectivity index is 0.00000225. The van der Waals surface area contributed by atoms with Crippen LogP contribution in [0.1, 0.15) is 31.7 Å². The van der Waals surface area contributed by atoms with Crippen molar-refractivity contribution in [3.63, 3.8) is 0 Å². The number of rotatable bonds is 3. The van der Waals surface area contributed by atoms with Crippen molar-refractivity contribution in [2.24, 2.45) is 0 Å². The van der Waals surface area contributed by atoms with Gasteiger partial charge >= 0.3 is 29.6 Å². The molecule has 0 radical (unpaired) electrons. The van der Waals surface area contributed by atoms with Crippen LogP contribution < -0.4 is 34.7 Å². The average molecular weight is 238 g/mol. The summed E-state index contributed by atoms with van der Waals surface area (Å²) in [6, 6.07) is 2.27. The van der Waals surface area contributed by atoms with Crippen molar-refractivity contribution >= 4 is 5.97 Å². The molecule has 0 atom stereocenters. The van der Waals surface area contributed by atoms with Gasteiger partial charge in [-0.15, -0.1) is 5.10 Å². The van der Waals surface area contributed by atoms with Crippen LogP contribution in [0.5, 0.6) is 0 Å². The third-order valence-corrected chi connectivity index (χ3v) is 2.06. The Kier molecular flexibility index (Phi) is 5.44. The SMILES string of the molecule is CC(C)(C(=O)[O-])c1ccc(C(F)F)nn1.[Na+]. The Labute approximate surface area is 113 Å². The van der Waals surface area contributed by atoms with E-state index in [4.69, 9.17) is 0 Å². The van der Waals surface area contributed by atoms with Crippen molar-refractivity contribution in [3.05, 3.63) is 23.5 Å². The first-order valence-electron chi connectivity index (χ1n) is 4.19. The van der Waals surface area contributed by atoms with Crippen LogP contribution in [0.3, 0.4) is 0 Å². The smallest absolute Gasteiger partial charge is 0.549 e. The van der Waals surface area contributed by atoms with E-state index in [-0.39, 0.29) is 35.3 Å². The number of halogens is 2. The molecule has 0 unspecified atom stereocenters. The number of hydrogen-bond donors (Lipinski definition) is 0. The zero-order valence-electron chi connectivity index (χ0n) is 9.20. The Bertz CT molecular complexity index is 368. The number of nitrogens with zero attached hydrogens (tertiary/aromatic N) is 2. The fourth-order valence-electron chi connectivity index (χ4n) is 0.897. The predicted octanol–water partition coefficient (Wildman–Crippen LogP) is -2.55. The van der Waals surface area contributed by atoms with Crippen molar-refractivity contribution in [2.75, 3.05) is 0 Å². The molecule has 0 aliphatic carbocycles. The molecular weight excluding hydrogens is 229 g/mol. The maximum absolute atomic E-state index is 12.1. The molecule has 0 aliphatic heterocycles. The molecule has 0 fully saturated rings. The van der Waals surface area contributed by atoms with Crippen LogP contribution in [-0.4, -0.2) is 16.2 Å². The van der Waals surface area contributed by atoms with E-state index >= 15 is 0 Å². The molecule has 1 heterocycles. The minimum atomic E-state index is -2.71. The molecule has 16 heavy (non-hydrogen) atoms. The van der Waals surface area contributed by atoms with Gasteiger partial charge in [0.05, 0.1) is 11.7 Å². The van der Waals surface area contributed by atoms with Gasteiger partial charge in [0, 0.05) is 5.41 Å². The van der Waals surface area contributed by atoms with Crippen LogP contribution >= 0.6 is 0 Å². The Hall–Kier alpha value is -0.590. The molecule has 1 aromatic heterocycles. The quantitative estimate of drug-likeness (QED) is 0.544. The van der Waals surface area contributed by atoms with Crippen molar-refractivity contribution in [1.29, 1.82) is 0 Å². The first-order valence-corrected chi connectivity index (χ1v) is 4.19. The number of alkyl halides is 2. The van der Waals surface area contributed by atoms with Gasteiger partial charge in [0.2, 0.25) is 0 Å². The molecule has 0 spiro atoms. The molecule has 0 bridgehead atoms. The monoisotopic (exact) mass is 238 g/mol. The van der Waals surface area contributed by atoms with Crippen LogP contribution in [-0.2, 0) is 10.2 Å². The minimum absolute atomic E-state index is 0. The molecule has 0 aliphatic rings. The van der Waals surface area contributed by atoms with E-state index in [2.05, 4.69) is 10.2 Å². The Morgan fingerprint density at radius 1 is 1.38 bits per heavy atom. The van der Waals surface area contributed by atoms with Crippen LogP contribution in [0.4, 0.5) is 8.78 Å². The van der Waals surface area contributed by atoms with E-state index in [0.29, 0.717) is 0 Å². The summed E-state index contributed by atoms with van der Waals surface area (Å²) in [6.45, 7) is 2.74. The van der Waals surface area contributed by atoms with Gasteiger partial charge in [-0.25, -0.2) is 8.78 Å². The van der Waals surface area contributed by atoms with E-state index in [9.17, 15) is 18.7 Å². The summed E-state index contributed by atoms with van der Waals surface area (Å²) >= 11 is 0. The van der Waals surface area contributed by atoms with E-state index in [1.165, 1.54) is 19.9 Å². The van der Waals surface area contributed by atoms with Gasteiger partial charge in [0.25, 0.3) is 6.43 Å². The number of carboxylic acid groups (broad SMARTS) is 1. The Morgan fingerprint density at radius 3 is 2.25 bits per heavy atom. The average Bonchev–Trinajstić information content (AvgIpc) is 2.17. The van der Waals surface area contributed by atoms with Crippen LogP contribution in [0, 0.1) is 0 Å². The van der Waals surface area contributed by atoms with Gasteiger partial charge in [-0.1, -0.05) is 0 Å². The largest absolute Gasteiger partial charge is 1.00 e. The van der Waals surface area contributed by atoms with Crippen molar-refractivity contribution in [1.82, 2.24) is 10.2 Å². The molecule has 1 aromatic rings. The van der Waals surface area contributed by atoms with Crippen LogP contribution in [0.15, 0.2) is 12.1 Å². The number of carboxylic acids is 1. The van der Waals surface area contributed by atoms with Gasteiger partial charge in [-0.2, -0.15) is 5.10 Å². The fraction of sp³-hybridized carbons (Fsp3) is 0.444. The fourth-order valence-corrected chi connectivity index (χ4v) is 0.897. The molecule has 0 saturated carbocycles. The number of carbonyl (C=O) groups excluding carboxylic acids is 1. The number of aliphatic carboxylic acids is 1. The van der Waals surface area contributed by atoms with E-state index < -0.39 is 23.5 Å². The maximum Gasteiger partial charge on any atom is 1.00 e. The molecule has 82 valence electrons. The first-order chi connectivity index (χ1) is 6.85. The zero-order valence-corrected chi connectivity index (χ0v) is 11.2. The number of aromatic nitrogens is 2. The van der Waals surface area contributed by atoms with Gasteiger partial charge in [0.15, 0.2) is 0 Å². The normalized spacial score (nSPS) is 11.1. The molecule has 7 heteroatoms. The summed E-state index contributed by atoms with van der Waals surface area (Å²) in [4.78, 5) is 10.7. The van der Waals surface area contributed by atoms with Crippen molar-refractivity contribution in [3.8, 4) is 0 Å². The van der Waals surface area contributed by atoms with Gasteiger partial charge < -0.3 is 9.90 Å². The van der Waals surface area contributed by atoms with E-state index in [0.717, 1.165) is 6.07 Å². The Morgan fingerprint density at radius 2 is 1.94 bits per heavy atom. The minimum Gasteiger partial charge on any atom is -0.549 e. The van der Waals surface area contributed by atoms with Crippen LogP contribution in [0.25, 0.3) is 0 Å². The summed E-state index contributed by atoms with van der Waals surface area (Å²) < 4.78 is 24.2. The second kappa shape index (κ2) is 5.65. The van der Waals surface area contributed by atoms with Gasteiger partial charge in [-0.3, -0.25) is 0 Å². The topological polar surface area (TPSA) is 65.9 Å². The van der Waals surface area contributed by atoms with Crippen LogP contribution in [0.2, 0.25) is 0 Å². The first kappa shape index (κ1) is 15.4. The second-order valence-corrected chi connectivity index (χ2v) is 3.56. The molecule has 0 N–H and O–H groups in total. The zero-order chi connectivity index (χ0) is 11.6. The summed E-state index contributed by atoms with van der Waals surface area (Å²) in [7, 11) is 0. The van der Waals surface area contributed by atoms with Crippen molar-refractivity contribution < 1.29 is 48.2 Å². The molecule has 1 rings (SSSR count). The summed E-state index contributed by atoms with van der Waals surface area (Å²) in [6.07, 6.45) is -2.71. The van der Waals surface area contributed by atoms with E-state index in [1.807, 2.05) is 0 Å². The molecule has 0 amide bonds. The summed E-state index contributed by atoms with van der Waals surface area (Å²) in [5.41, 5.74) is -1.73. The van der Waals surface area contributed by atoms with Crippen molar-refractivity contribution in [2.45, 2.75) is 25.7 Å². The third-order valence-electron chi connectivity index (χ3n) is 2.06. The van der Waals surface area contributed by atoms with Gasteiger partial charge in [0.1, 0.15) is 5.69 Å². The van der Waals surface area contributed by atoms with E-state index in [1.54, 1.807) is 0 Å². The summed E-state index contributed by atoms with van der Waals surface area (Å²) in [5, 5.41) is 17.4.